The van der Waals surface area contributed by atoms with Crippen molar-refractivity contribution >= 4 is 29.9 Å². The summed E-state index contributed by atoms with van der Waals surface area (Å²) in [6.45, 7) is 6.67. The molecule has 172 valence electrons. The number of halogens is 4. The number of hydrogen-bond acceptors (Lipinski definition) is 4. The van der Waals surface area contributed by atoms with Crippen LogP contribution in [0, 0.1) is 0 Å². The number of aliphatic imine (C=N–C) groups is 1. The van der Waals surface area contributed by atoms with Crippen molar-refractivity contribution in [1.82, 2.24) is 15.5 Å². The van der Waals surface area contributed by atoms with Crippen LogP contribution in [0.15, 0.2) is 29.3 Å². The van der Waals surface area contributed by atoms with Crippen molar-refractivity contribution in [3.63, 3.8) is 0 Å². The summed E-state index contributed by atoms with van der Waals surface area (Å²) in [5.41, 5.74) is -0.769. The molecule has 30 heavy (non-hydrogen) atoms. The summed E-state index contributed by atoms with van der Waals surface area (Å²) in [7, 11) is 1.71. The molecule has 0 spiro atoms. The number of hydrogen-bond donors (Lipinski definition) is 2. The molecule has 10 heteroatoms. The zero-order valence-corrected chi connectivity index (χ0v) is 19.8. The van der Waals surface area contributed by atoms with Gasteiger partial charge in [-0.15, -0.1) is 24.0 Å². The third kappa shape index (κ3) is 9.25. The molecule has 1 heterocycles. The maximum Gasteiger partial charge on any atom is 0.419 e. The first-order valence-electron chi connectivity index (χ1n) is 9.99. The molecule has 1 fully saturated rings. The van der Waals surface area contributed by atoms with Gasteiger partial charge in [0.15, 0.2) is 5.96 Å². The van der Waals surface area contributed by atoms with Gasteiger partial charge in [-0.05, 0) is 31.9 Å². The first kappa shape index (κ1) is 26.8. The van der Waals surface area contributed by atoms with Gasteiger partial charge in [-0.3, -0.25) is 0 Å². The molecule has 1 aliphatic heterocycles. The smallest absolute Gasteiger partial charge is 0.419 e. The number of likely N-dealkylation sites (tertiary alicyclic amines) is 1. The van der Waals surface area contributed by atoms with Gasteiger partial charge in [0.25, 0.3) is 0 Å². The summed E-state index contributed by atoms with van der Waals surface area (Å²) in [6.07, 6.45) is -2.43. The Morgan fingerprint density at radius 2 is 1.90 bits per heavy atom. The van der Waals surface area contributed by atoms with E-state index < -0.39 is 11.7 Å². The van der Waals surface area contributed by atoms with E-state index in [1.54, 1.807) is 7.11 Å². The Hall–Kier alpha value is -1.27. The van der Waals surface area contributed by atoms with Crippen LogP contribution in [-0.2, 0) is 10.9 Å². The maximum atomic E-state index is 13.0. The van der Waals surface area contributed by atoms with Crippen LogP contribution in [0.2, 0.25) is 0 Å². The monoisotopic (exact) mass is 544 g/mol. The lowest BCUT2D eigenvalue weighted by Crippen LogP contribution is -2.49. The zero-order chi connectivity index (χ0) is 21.1. The van der Waals surface area contributed by atoms with E-state index in [4.69, 9.17) is 9.47 Å². The molecule has 1 aliphatic rings. The molecule has 0 aliphatic carbocycles. The Bertz CT molecular complexity index is 639. The number of nitrogens with one attached hydrogen (secondary N) is 2. The molecule has 0 unspecified atom stereocenters. The molecule has 0 saturated carbocycles. The second kappa shape index (κ2) is 13.9. The van der Waals surface area contributed by atoms with Crippen LogP contribution in [0.5, 0.6) is 5.75 Å². The van der Waals surface area contributed by atoms with E-state index in [0.29, 0.717) is 18.5 Å². The fourth-order valence-corrected chi connectivity index (χ4v) is 3.17. The van der Waals surface area contributed by atoms with Gasteiger partial charge >= 0.3 is 6.18 Å². The molecule has 1 aromatic carbocycles. The van der Waals surface area contributed by atoms with Gasteiger partial charge in [-0.25, -0.2) is 4.99 Å². The Kier molecular flexibility index (Phi) is 12.4. The van der Waals surface area contributed by atoms with Gasteiger partial charge in [0, 0.05) is 39.3 Å². The molecule has 0 atom stereocenters. The quantitative estimate of drug-likeness (QED) is 0.216. The number of alkyl halides is 3. The first-order valence-corrected chi connectivity index (χ1v) is 9.99. The standard InChI is InChI=1S/C20H31F3N4O2.HI/c1-3-24-19(26-16-8-11-27(12-9-16)13-15-28-2)25-10-14-29-18-7-5-4-6-17(18)20(21,22)23;/h4-7,16H,3,8-15H2,1-2H3,(H2,24,25,26);1H. The minimum Gasteiger partial charge on any atom is -0.491 e. The lowest BCUT2D eigenvalue weighted by Gasteiger charge is -2.32. The van der Waals surface area contributed by atoms with E-state index in [1.807, 2.05) is 6.92 Å². The van der Waals surface area contributed by atoms with Gasteiger partial charge in [0.05, 0.1) is 18.7 Å². The number of piperidine rings is 1. The Morgan fingerprint density at radius 1 is 1.20 bits per heavy atom. The van der Waals surface area contributed by atoms with Crippen molar-refractivity contribution in [3.05, 3.63) is 29.8 Å². The number of rotatable bonds is 9. The highest BCUT2D eigenvalue weighted by Gasteiger charge is 2.33. The highest BCUT2D eigenvalue weighted by molar-refractivity contribution is 14.0. The maximum absolute atomic E-state index is 13.0. The molecule has 2 rings (SSSR count). The first-order chi connectivity index (χ1) is 13.9. The predicted octanol–water partition coefficient (Wildman–Crippen LogP) is 3.37. The number of nitrogens with zero attached hydrogens (tertiary/aromatic N) is 2. The van der Waals surface area contributed by atoms with Crippen LogP contribution < -0.4 is 15.4 Å². The molecule has 6 nitrogen and oxygen atoms in total. The van der Waals surface area contributed by atoms with Gasteiger partial charge in [-0.2, -0.15) is 13.2 Å². The van der Waals surface area contributed by atoms with Crippen molar-refractivity contribution in [3.8, 4) is 5.75 Å². The Morgan fingerprint density at radius 3 is 2.53 bits per heavy atom. The SMILES string of the molecule is CCNC(=NCCOc1ccccc1C(F)(F)F)NC1CCN(CCOC)CC1.I. The van der Waals surface area contributed by atoms with Gasteiger partial charge in [-0.1, -0.05) is 12.1 Å². The fourth-order valence-electron chi connectivity index (χ4n) is 3.17. The van der Waals surface area contributed by atoms with Gasteiger partial charge in [0.2, 0.25) is 0 Å². The second-order valence-corrected chi connectivity index (χ2v) is 6.86. The number of para-hydroxylation sites is 1. The van der Waals surface area contributed by atoms with Gasteiger partial charge in [0.1, 0.15) is 12.4 Å². The minimum atomic E-state index is -4.44. The Labute approximate surface area is 193 Å². The highest BCUT2D eigenvalue weighted by Crippen LogP contribution is 2.35. The topological polar surface area (TPSA) is 58.1 Å². The van der Waals surface area contributed by atoms with Crippen molar-refractivity contribution in [2.45, 2.75) is 32.0 Å². The van der Waals surface area contributed by atoms with E-state index in [0.717, 1.165) is 45.1 Å². The van der Waals surface area contributed by atoms with E-state index in [1.165, 1.54) is 18.2 Å². The molecule has 1 saturated heterocycles. The summed E-state index contributed by atoms with van der Waals surface area (Å²) in [5, 5.41) is 6.59. The third-order valence-corrected chi connectivity index (χ3v) is 4.70. The molecule has 0 radical (unpaired) electrons. The van der Waals surface area contributed by atoms with Crippen LogP contribution in [0.25, 0.3) is 0 Å². The molecule has 0 bridgehead atoms. The summed E-state index contributed by atoms with van der Waals surface area (Å²) in [4.78, 5) is 6.81. The van der Waals surface area contributed by atoms with E-state index in [-0.39, 0.29) is 42.9 Å². The second-order valence-electron chi connectivity index (χ2n) is 6.86. The van der Waals surface area contributed by atoms with Crippen LogP contribution in [0.1, 0.15) is 25.3 Å². The molecule has 0 aromatic heterocycles. The zero-order valence-electron chi connectivity index (χ0n) is 17.5. The number of methoxy groups -OCH3 is 1. The highest BCUT2D eigenvalue weighted by atomic mass is 127. The molecular formula is C20H32F3IN4O2. The van der Waals surface area contributed by atoms with Gasteiger partial charge < -0.3 is 25.0 Å². The molecule has 1 aromatic rings. The van der Waals surface area contributed by atoms with E-state index in [9.17, 15) is 13.2 Å². The summed E-state index contributed by atoms with van der Waals surface area (Å²) in [6, 6.07) is 5.54. The number of benzene rings is 1. The van der Waals surface area contributed by atoms with Crippen LogP contribution in [-0.4, -0.2) is 69.9 Å². The molecular weight excluding hydrogens is 512 g/mol. The van der Waals surface area contributed by atoms with Crippen molar-refractivity contribution < 1.29 is 22.6 Å². The number of guanidine groups is 1. The lowest BCUT2D eigenvalue weighted by molar-refractivity contribution is -0.138. The van der Waals surface area contributed by atoms with Crippen LogP contribution in [0.4, 0.5) is 13.2 Å². The van der Waals surface area contributed by atoms with Crippen LogP contribution >= 0.6 is 24.0 Å². The Balaban J connectivity index is 0.00000450. The largest absolute Gasteiger partial charge is 0.491 e. The average molecular weight is 544 g/mol. The lowest BCUT2D eigenvalue weighted by atomic mass is 10.1. The fraction of sp³-hybridized carbons (Fsp3) is 0.650. The van der Waals surface area contributed by atoms with E-state index >= 15 is 0 Å². The molecule has 0 amide bonds. The molecule has 2 N–H and O–H groups in total. The van der Waals surface area contributed by atoms with Crippen molar-refractivity contribution in [1.29, 1.82) is 0 Å². The minimum absolute atomic E-state index is 0. The summed E-state index contributed by atoms with van der Waals surface area (Å²) in [5.74, 6) is 0.493. The van der Waals surface area contributed by atoms with Crippen LogP contribution in [0.3, 0.4) is 0 Å². The van der Waals surface area contributed by atoms with Crippen molar-refractivity contribution in [2.75, 3.05) is 53.0 Å². The van der Waals surface area contributed by atoms with E-state index in [2.05, 4.69) is 20.5 Å². The predicted molar refractivity (Wildman–Crippen MR) is 123 cm³/mol. The summed E-state index contributed by atoms with van der Waals surface area (Å²) < 4.78 is 49.5. The number of ether oxygens (including phenoxy) is 2. The van der Waals surface area contributed by atoms with Crippen molar-refractivity contribution in [2.24, 2.45) is 4.99 Å². The summed E-state index contributed by atoms with van der Waals surface area (Å²) >= 11 is 0. The normalized spacial score (nSPS) is 16.1. The average Bonchev–Trinajstić information content (AvgIpc) is 2.70. The third-order valence-electron chi connectivity index (χ3n) is 4.70.